The van der Waals surface area contributed by atoms with Crippen LogP contribution in [0.3, 0.4) is 0 Å². The minimum absolute atomic E-state index is 0.0319. The van der Waals surface area contributed by atoms with Gasteiger partial charge in [0.05, 0.1) is 17.4 Å². The molecule has 1 aromatic heterocycles. The second kappa shape index (κ2) is 7.48. The molecule has 3 rings (SSSR count). The van der Waals surface area contributed by atoms with Crippen molar-refractivity contribution in [3.8, 4) is 0 Å². The molecular weight excluding hydrogens is 328 g/mol. The van der Waals surface area contributed by atoms with Crippen LogP contribution in [-0.2, 0) is 16.1 Å². The topological polar surface area (TPSA) is 67.2 Å². The van der Waals surface area contributed by atoms with E-state index in [0.29, 0.717) is 13.1 Å². The first-order valence-corrected chi connectivity index (χ1v) is 9.36. The van der Waals surface area contributed by atoms with Crippen LogP contribution in [0, 0.1) is 5.41 Å². The molecular formula is C20H28N4O2. The summed E-state index contributed by atoms with van der Waals surface area (Å²) in [4.78, 5) is 31.2. The van der Waals surface area contributed by atoms with E-state index in [1.807, 2.05) is 45.3 Å². The fourth-order valence-electron chi connectivity index (χ4n) is 3.48. The number of rotatable bonds is 5. The summed E-state index contributed by atoms with van der Waals surface area (Å²) in [5, 5.41) is 3.00. The van der Waals surface area contributed by atoms with Crippen molar-refractivity contribution in [1.29, 1.82) is 0 Å². The van der Waals surface area contributed by atoms with Crippen LogP contribution >= 0.6 is 0 Å². The lowest BCUT2D eigenvalue weighted by molar-refractivity contribution is -0.144. The normalized spacial score (nSPS) is 17.7. The number of aromatic nitrogens is 2. The summed E-state index contributed by atoms with van der Waals surface area (Å²) in [5.41, 5.74) is 1.64. The molecule has 1 saturated heterocycles. The average Bonchev–Trinajstić information content (AvgIpc) is 3.24. The summed E-state index contributed by atoms with van der Waals surface area (Å²) in [6.07, 6.45) is 4.31. The highest BCUT2D eigenvalue weighted by molar-refractivity contribution is 5.90. The van der Waals surface area contributed by atoms with Gasteiger partial charge >= 0.3 is 0 Å². The van der Waals surface area contributed by atoms with E-state index in [9.17, 15) is 9.59 Å². The highest BCUT2D eigenvalue weighted by Crippen LogP contribution is 2.25. The number of imidazole rings is 1. The number of aryl methyl sites for hydroxylation is 1. The minimum atomic E-state index is -0.453. The van der Waals surface area contributed by atoms with Crippen molar-refractivity contribution in [3.63, 3.8) is 0 Å². The zero-order chi connectivity index (χ0) is 18.7. The third kappa shape index (κ3) is 3.89. The Bertz CT molecular complexity index is 790. The molecule has 0 spiro atoms. The number of hydrogen-bond donors (Lipinski definition) is 1. The largest absolute Gasteiger partial charge is 0.354 e. The van der Waals surface area contributed by atoms with Crippen molar-refractivity contribution in [1.82, 2.24) is 19.8 Å². The SMILES string of the molecule is CC(C)(C)C(=O)N1CCCC1C(=O)NCCCn1cnc2ccccc21. The molecule has 2 aromatic rings. The Morgan fingerprint density at radius 1 is 1.27 bits per heavy atom. The molecule has 0 saturated carbocycles. The Labute approximate surface area is 154 Å². The lowest BCUT2D eigenvalue weighted by Gasteiger charge is -2.30. The summed E-state index contributed by atoms with van der Waals surface area (Å²) in [6, 6.07) is 7.70. The number of hydrogen-bond acceptors (Lipinski definition) is 3. The van der Waals surface area contributed by atoms with E-state index in [2.05, 4.69) is 20.9 Å². The molecule has 26 heavy (non-hydrogen) atoms. The van der Waals surface area contributed by atoms with Crippen LogP contribution in [0.2, 0.25) is 0 Å². The molecule has 6 nitrogen and oxygen atoms in total. The fraction of sp³-hybridized carbons (Fsp3) is 0.550. The van der Waals surface area contributed by atoms with Crippen LogP contribution in [0.5, 0.6) is 0 Å². The van der Waals surface area contributed by atoms with Gasteiger partial charge in [-0.15, -0.1) is 0 Å². The van der Waals surface area contributed by atoms with E-state index in [1.54, 1.807) is 4.90 Å². The number of nitrogens with zero attached hydrogens (tertiary/aromatic N) is 3. The first-order valence-electron chi connectivity index (χ1n) is 9.36. The molecule has 1 aromatic carbocycles. The number of amides is 2. The second-order valence-electron chi connectivity index (χ2n) is 7.98. The average molecular weight is 356 g/mol. The van der Waals surface area contributed by atoms with Gasteiger partial charge in [0.2, 0.25) is 11.8 Å². The molecule has 1 unspecified atom stereocenters. The van der Waals surface area contributed by atoms with Gasteiger partial charge in [-0.1, -0.05) is 32.9 Å². The number of likely N-dealkylation sites (tertiary alicyclic amines) is 1. The third-order valence-electron chi connectivity index (χ3n) is 4.86. The van der Waals surface area contributed by atoms with E-state index in [1.165, 1.54) is 0 Å². The summed E-state index contributed by atoms with van der Waals surface area (Å²) < 4.78 is 2.10. The van der Waals surface area contributed by atoms with Gasteiger partial charge in [-0.3, -0.25) is 9.59 Å². The van der Waals surface area contributed by atoms with E-state index in [4.69, 9.17) is 0 Å². The maximum Gasteiger partial charge on any atom is 0.242 e. The van der Waals surface area contributed by atoms with Crippen LogP contribution in [0.4, 0.5) is 0 Å². The summed E-state index contributed by atoms with van der Waals surface area (Å²) >= 11 is 0. The highest BCUT2D eigenvalue weighted by Gasteiger charge is 2.38. The fourth-order valence-corrected chi connectivity index (χ4v) is 3.48. The van der Waals surface area contributed by atoms with Crippen molar-refractivity contribution in [3.05, 3.63) is 30.6 Å². The Balaban J connectivity index is 1.50. The third-order valence-corrected chi connectivity index (χ3v) is 4.86. The van der Waals surface area contributed by atoms with Crippen LogP contribution < -0.4 is 5.32 Å². The number of fused-ring (bicyclic) bond motifs is 1. The number of nitrogens with one attached hydrogen (secondary N) is 1. The van der Waals surface area contributed by atoms with Crippen LogP contribution in [0.25, 0.3) is 11.0 Å². The molecule has 2 heterocycles. The molecule has 140 valence electrons. The zero-order valence-corrected chi connectivity index (χ0v) is 15.9. The number of carbonyl (C=O) groups excluding carboxylic acids is 2. The maximum atomic E-state index is 12.5. The predicted octanol–water partition coefficient (Wildman–Crippen LogP) is 2.58. The molecule has 1 atom stereocenters. The first kappa shape index (κ1) is 18.4. The van der Waals surface area contributed by atoms with Gasteiger partial charge in [0.15, 0.2) is 0 Å². The van der Waals surface area contributed by atoms with Crippen molar-refractivity contribution in [2.75, 3.05) is 13.1 Å². The van der Waals surface area contributed by atoms with Gasteiger partial charge in [-0.2, -0.15) is 0 Å². The molecule has 1 aliphatic rings. The van der Waals surface area contributed by atoms with E-state index in [-0.39, 0.29) is 17.9 Å². The van der Waals surface area contributed by atoms with Crippen LogP contribution in [0.1, 0.15) is 40.0 Å². The van der Waals surface area contributed by atoms with Crippen molar-refractivity contribution < 1.29 is 9.59 Å². The van der Waals surface area contributed by atoms with Crippen molar-refractivity contribution >= 4 is 22.8 Å². The van der Waals surface area contributed by atoms with Crippen LogP contribution in [0.15, 0.2) is 30.6 Å². The number of benzene rings is 1. The molecule has 0 aliphatic carbocycles. The molecule has 1 fully saturated rings. The maximum absolute atomic E-state index is 12.5. The smallest absolute Gasteiger partial charge is 0.242 e. The Morgan fingerprint density at radius 3 is 2.81 bits per heavy atom. The molecule has 2 amide bonds. The van der Waals surface area contributed by atoms with Gasteiger partial charge in [-0.25, -0.2) is 4.98 Å². The standard InChI is InChI=1S/C20H28N4O2/c1-20(2,3)19(26)24-13-6-10-17(24)18(25)21-11-7-12-23-14-22-15-8-4-5-9-16(15)23/h4-5,8-9,14,17H,6-7,10-13H2,1-3H3,(H,21,25). The Kier molecular flexibility index (Phi) is 5.30. The number of para-hydroxylation sites is 2. The van der Waals surface area contributed by atoms with Gasteiger partial charge in [-0.05, 0) is 31.4 Å². The van der Waals surface area contributed by atoms with Gasteiger partial charge in [0.1, 0.15) is 6.04 Å². The van der Waals surface area contributed by atoms with E-state index in [0.717, 1.165) is 36.8 Å². The Morgan fingerprint density at radius 2 is 2.04 bits per heavy atom. The quantitative estimate of drug-likeness (QED) is 0.838. The van der Waals surface area contributed by atoms with Crippen LogP contribution in [-0.4, -0.2) is 45.4 Å². The molecule has 6 heteroatoms. The number of carbonyl (C=O) groups is 2. The molecule has 0 radical (unpaired) electrons. The summed E-state index contributed by atoms with van der Waals surface area (Å²) in [6.45, 7) is 7.78. The lowest BCUT2D eigenvalue weighted by atomic mass is 9.94. The summed E-state index contributed by atoms with van der Waals surface area (Å²) in [5.74, 6) is 0.0237. The van der Waals surface area contributed by atoms with E-state index >= 15 is 0 Å². The van der Waals surface area contributed by atoms with E-state index < -0.39 is 5.41 Å². The monoisotopic (exact) mass is 356 g/mol. The minimum Gasteiger partial charge on any atom is -0.354 e. The molecule has 0 bridgehead atoms. The highest BCUT2D eigenvalue weighted by atomic mass is 16.2. The predicted molar refractivity (Wildman–Crippen MR) is 102 cm³/mol. The second-order valence-corrected chi connectivity index (χ2v) is 7.98. The summed E-state index contributed by atoms with van der Waals surface area (Å²) in [7, 11) is 0. The zero-order valence-electron chi connectivity index (χ0n) is 15.9. The van der Waals surface area contributed by atoms with Crippen molar-refractivity contribution in [2.45, 2.75) is 52.6 Å². The Hall–Kier alpha value is -2.37. The molecule has 1 aliphatic heterocycles. The van der Waals surface area contributed by atoms with Gasteiger partial charge in [0, 0.05) is 25.0 Å². The van der Waals surface area contributed by atoms with Gasteiger partial charge in [0.25, 0.3) is 0 Å². The molecule has 1 N–H and O–H groups in total. The van der Waals surface area contributed by atoms with Gasteiger partial charge < -0.3 is 14.8 Å². The lowest BCUT2D eigenvalue weighted by Crippen LogP contribution is -2.49. The first-order chi connectivity index (χ1) is 12.4. The van der Waals surface area contributed by atoms with Crippen molar-refractivity contribution in [2.24, 2.45) is 5.41 Å².